The van der Waals surface area contributed by atoms with Crippen LogP contribution in [0.5, 0.6) is 0 Å². The summed E-state index contributed by atoms with van der Waals surface area (Å²) in [4.78, 5) is 2.75. The van der Waals surface area contributed by atoms with E-state index in [9.17, 15) is 4.21 Å². The minimum Gasteiger partial charge on any atom is -0.402 e. The summed E-state index contributed by atoms with van der Waals surface area (Å²) in [6.45, 7) is 7.58. The van der Waals surface area contributed by atoms with Gasteiger partial charge in [-0.25, -0.2) is 9.35 Å². The molecule has 1 aliphatic rings. The van der Waals surface area contributed by atoms with Gasteiger partial charge in [0.15, 0.2) is 0 Å². The fourth-order valence-electron chi connectivity index (χ4n) is 4.18. The predicted octanol–water partition coefficient (Wildman–Crippen LogP) is 4.43. The third-order valence-electron chi connectivity index (χ3n) is 5.74. The van der Waals surface area contributed by atoms with Gasteiger partial charge >= 0.3 is 0 Å². The van der Waals surface area contributed by atoms with Crippen molar-refractivity contribution in [1.29, 1.82) is 0 Å². The van der Waals surface area contributed by atoms with Gasteiger partial charge in [-0.15, -0.1) is 0 Å². The van der Waals surface area contributed by atoms with Crippen LogP contribution >= 0.6 is 0 Å². The molecule has 1 aliphatic carbocycles. The van der Waals surface area contributed by atoms with Gasteiger partial charge < -0.3 is 10.6 Å². The molecule has 4 rings (SSSR count). The van der Waals surface area contributed by atoms with Crippen LogP contribution in [0, 0.1) is 0 Å². The molecule has 2 aromatic carbocycles. The maximum atomic E-state index is 10.9. The van der Waals surface area contributed by atoms with Gasteiger partial charge in [-0.05, 0) is 72.6 Å². The fourth-order valence-corrected chi connectivity index (χ4v) is 4.59. The Bertz CT molecular complexity index is 1120. The number of nitrogens with one attached hydrogen (secondary N) is 1. The quantitative estimate of drug-likeness (QED) is 0.519. The molecule has 0 aliphatic heterocycles. The third-order valence-corrected chi connectivity index (χ3v) is 6.48. The number of hydrogen-bond acceptors (Lipinski definition) is 4. The molecule has 0 amide bonds. The van der Waals surface area contributed by atoms with Crippen LogP contribution in [0.4, 0.5) is 0 Å². The van der Waals surface area contributed by atoms with Crippen molar-refractivity contribution in [3.63, 3.8) is 0 Å². The topological polar surface area (TPSA) is 101 Å². The molecule has 33 heavy (non-hydrogen) atoms. The van der Waals surface area contributed by atoms with Gasteiger partial charge in [0, 0.05) is 36.3 Å². The molecule has 2 atom stereocenters. The van der Waals surface area contributed by atoms with Crippen LogP contribution in [-0.2, 0) is 24.0 Å². The minimum absolute atomic E-state index is 0.374. The second-order valence-corrected chi connectivity index (χ2v) is 10.2. The van der Waals surface area contributed by atoms with Crippen LogP contribution < -0.4 is 10.9 Å². The maximum absolute atomic E-state index is 10.9. The molecule has 0 fully saturated rings. The Morgan fingerprint density at radius 1 is 1.18 bits per heavy atom. The highest BCUT2D eigenvalue weighted by molar-refractivity contribution is 7.82. The number of nitrogens with zero attached hydrogens (tertiary/aromatic N) is 2. The maximum Gasteiger partial charge on any atom is 0.122 e. The molecule has 5 N–H and O–H groups in total. The van der Waals surface area contributed by atoms with Crippen LogP contribution in [0.25, 0.3) is 11.3 Å². The van der Waals surface area contributed by atoms with Crippen molar-refractivity contribution in [2.75, 3.05) is 14.1 Å². The minimum atomic E-state index is -1.36. The van der Waals surface area contributed by atoms with Crippen molar-refractivity contribution in [3.05, 3.63) is 82.7 Å². The molecule has 0 saturated carbocycles. The van der Waals surface area contributed by atoms with Gasteiger partial charge in [0.2, 0.25) is 0 Å². The van der Waals surface area contributed by atoms with Crippen LogP contribution in [0.3, 0.4) is 0 Å². The molecular formula is C26H35N5OS. The molecule has 0 radical (unpaired) electrons. The second kappa shape index (κ2) is 10.9. The monoisotopic (exact) mass is 465 g/mol. The first kappa shape index (κ1) is 24.9. The smallest absolute Gasteiger partial charge is 0.122 e. The molecular weight excluding hydrogens is 430 g/mol. The van der Waals surface area contributed by atoms with Gasteiger partial charge in [0.25, 0.3) is 0 Å². The largest absolute Gasteiger partial charge is 0.402 e. The van der Waals surface area contributed by atoms with E-state index < -0.39 is 11.0 Å². The van der Waals surface area contributed by atoms with Crippen molar-refractivity contribution in [3.8, 4) is 11.3 Å². The highest BCUT2D eigenvalue weighted by Crippen LogP contribution is 2.37. The lowest BCUT2D eigenvalue weighted by Gasteiger charge is -2.26. The molecule has 2 unspecified atom stereocenters. The lowest BCUT2D eigenvalue weighted by atomic mass is 9.80. The Kier molecular flexibility index (Phi) is 8.24. The average molecular weight is 466 g/mol. The summed E-state index contributed by atoms with van der Waals surface area (Å²) in [5.41, 5.74) is 14.8. The second-order valence-electron chi connectivity index (χ2n) is 9.14. The van der Waals surface area contributed by atoms with Crippen LogP contribution in [0.15, 0.2) is 65.3 Å². The summed E-state index contributed by atoms with van der Waals surface area (Å²) in [7, 11) is 2.65. The van der Waals surface area contributed by atoms with E-state index in [1.165, 1.54) is 27.8 Å². The van der Waals surface area contributed by atoms with E-state index in [4.69, 9.17) is 10.9 Å². The summed E-state index contributed by atoms with van der Waals surface area (Å²) in [6, 6.07) is 14.1. The van der Waals surface area contributed by atoms with E-state index >= 15 is 0 Å². The number of allylic oxidation sites excluding steroid dienone is 2. The Balaban J connectivity index is 0.000000205. The van der Waals surface area contributed by atoms with E-state index in [0.717, 1.165) is 24.4 Å². The van der Waals surface area contributed by atoms with E-state index in [1.807, 2.05) is 32.3 Å². The van der Waals surface area contributed by atoms with Gasteiger partial charge in [0.1, 0.15) is 11.0 Å². The highest BCUT2D eigenvalue weighted by atomic mass is 32.2. The number of benzene rings is 2. The highest BCUT2D eigenvalue weighted by Gasteiger charge is 2.21. The first-order valence-electron chi connectivity index (χ1n) is 11.2. The Labute approximate surface area is 199 Å². The Morgan fingerprint density at radius 3 is 2.42 bits per heavy atom. The zero-order chi connectivity index (χ0) is 24.1. The third kappa shape index (κ3) is 6.41. The van der Waals surface area contributed by atoms with E-state index in [1.54, 1.807) is 18.3 Å². The molecule has 0 bridgehead atoms. The van der Waals surface area contributed by atoms with Crippen molar-refractivity contribution in [1.82, 2.24) is 15.1 Å². The van der Waals surface area contributed by atoms with Gasteiger partial charge in [0.05, 0.1) is 10.6 Å². The number of fused-ring (bicyclic) bond motifs is 1. The number of aromatic nitrogens is 2. The summed E-state index contributed by atoms with van der Waals surface area (Å²) >= 11 is 0. The number of H-pyrrole nitrogens is 1. The van der Waals surface area contributed by atoms with Gasteiger partial charge in [-0.3, -0.25) is 5.10 Å². The van der Waals surface area contributed by atoms with Crippen molar-refractivity contribution >= 4 is 11.0 Å². The first-order valence-corrected chi connectivity index (χ1v) is 12.4. The summed E-state index contributed by atoms with van der Waals surface area (Å²) in [5, 5.41) is 12.3. The number of hydrogen-bond donors (Lipinski definition) is 3. The zero-order valence-corrected chi connectivity index (χ0v) is 20.9. The van der Waals surface area contributed by atoms with E-state index in [2.05, 4.69) is 54.1 Å². The number of nitrogens with two attached hydrogens (primary N) is 2. The summed E-state index contributed by atoms with van der Waals surface area (Å²) in [6.07, 6.45) is 4.84. The molecule has 6 nitrogen and oxygen atoms in total. The van der Waals surface area contributed by atoms with Crippen LogP contribution in [0.1, 0.15) is 54.9 Å². The number of rotatable bonds is 5. The normalized spacial score (nSPS) is 16.1. The lowest BCUT2D eigenvalue weighted by Crippen LogP contribution is -2.15. The molecule has 1 heterocycles. The first-order chi connectivity index (χ1) is 15.7. The number of aromatic amines is 1. The zero-order valence-electron chi connectivity index (χ0n) is 20.1. The Morgan fingerprint density at radius 2 is 1.88 bits per heavy atom. The van der Waals surface area contributed by atoms with Crippen molar-refractivity contribution < 1.29 is 4.21 Å². The molecule has 1 aromatic heterocycles. The van der Waals surface area contributed by atoms with E-state index in [-0.39, 0.29) is 0 Å². The molecule has 0 saturated heterocycles. The SMILES string of the molecule is CC(C)c1cc(-c2ccn[nH]2)cc2c1CC(N)=CC2C.CN(C)Cc1ccc(S(N)=O)cc1. The summed E-state index contributed by atoms with van der Waals surface area (Å²) < 4.78 is 10.9. The fraction of sp³-hybridized carbons (Fsp3) is 0.346. The lowest BCUT2D eigenvalue weighted by molar-refractivity contribution is 0.402. The Hall–Kier alpha value is -2.74. The average Bonchev–Trinajstić information content (AvgIpc) is 3.28. The van der Waals surface area contributed by atoms with Gasteiger partial charge in [-0.2, -0.15) is 5.10 Å². The molecule has 176 valence electrons. The standard InChI is InChI=1S/C17H21N3.C9H14N2OS/c1-10(2)14-7-12(17-4-5-19-20-17)8-15-11(3)6-13(18)9-16(14)15;1-11(2)7-8-3-5-9(6-4-8)13(10)12/h4-8,10-11H,9,18H2,1-3H3,(H,19,20);3-6H,7,10H2,1-2H3. The molecule has 0 spiro atoms. The van der Waals surface area contributed by atoms with Crippen LogP contribution in [-0.4, -0.2) is 33.4 Å². The predicted molar refractivity (Wildman–Crippen MR) is 137 cm³/mol. The van der Waals surface area contributed by atoms with E-state index in [0.29, 0.717) is 16.7 Å². The molecule has 3 aromatic rings. The van der Waals surface area contributed by atoms with Gasteiger partial charge in [-0.1, -0.05) is 39.0 Å². The molecule has 7 heteroatoms. The van der Waals surface area contributed by atoms with Crippen molar-refractivity contribution in [2.45, 2.75) is 50.5 Å². The summed E-state index contributed by atoms with van der Waals surface area (Å²) in [5.74, 6) is 0.865. The van der Waals surface area contributed by atoms with Crippen molar-refractivity contribution in [2.24, 2.45) is 10.9 Å². The van der Waals surface area contributed by atoms with Crippen LogP contribution in [0.2, 0.25) is 0 Å².